The van der Waals surface area contributed by atoms with Gasteiger partial charge in [0.25, 0.3) is 5.91 Å². The quantitative estimate of drug-likeness (QED) is 0.786. The Hall–Kier alpha value is -2.15. The Morgan fingerprint density at radius 2 is 2.29 bits per heavy atom. The van der Waals surface area contributed by atoms with E-state index in [4.69, 9.17) is 4.74 Å². The van der Waals surface area contributed by atoms with Crippen LogP contribution in [-0.2, 0) is 11.3 Å². The summed E-state index contributed by atoms with van der Waals surface area (Å²) < 4.78 is 6.12. The zero-order valence-corrected chi connectivity index (χ0v) is 13.6. The van der Waals surface area contributed by atoms with E-state index < -0.39 is 0 Å². The molecule has 0 bridgehead atoms. The first-order chi connectivity index (χ1) is 11.6. The second-order valence-electron chi connectivity index (χ2n) is 6.90. The Balaban J connectivity index is 1.22. The van der Waals surface area contributed by atoms with Gasteiger partial charge in [0.1, 0.15) is 5.69 Å². The van der Waals surface area contributed by atoms with Crippen LogP contribution in [0.5, 0.6) is 0 Å². The number of carbonyl (C=O) groups excluding carboxylic acids is 2. The van der Waals surface area contributed by atoms with E-state index in [0.29, 0.717) is 24.5 Å². The maximum absolute atomic E-state index is 12.0. The predicted molar refractivity (Wildman–Crippen MR) is 87.7 cm³/mol. The van der Waals surface area contributed by atoms with E-state index in [9.17, 15) is 9.59 Å². The Morgan fingerprint density at radius 1 is 1.42 bits per heavy atom. The van der Waals surface area contributed by atoms with Gasteiger partial charge in [-0.2, -0.15) is 0 Å². The topological polar surface area (TPSA) is 92.3 Å². The molecule has 7 nitrogen and oxygen atoms in total. The normalized spacial score (nSPS) is 23.5. The number of ether oxygens (including phenoxy) is 1. The van der Waals surface area contributed by atoms with Crippen molar-refractivity contribution in [3.63, 3.8) is 0 Å². The van der Waals surface area contributed by atoms with Crippen LogP contribution in [0.4, 0.5) is 10.5 Å². The fourth-order valence-electron chi connectivity index (χ4n) is 3.74. The van der Waals surface area contributed by atoms with Crippen molar-refractivity contribution >= 4 is 17.6 Å². The van der Waals surface area contributed by atoms with Crippen LogP contribution in [-0.4, -0.2) is 35.2 Å². The van der Waals surface area contributed by atoms with E-state index in [1.807, 2.05) is 0 Å². The second-order valence-corrected chi connectivity index (χ2v) is 6.90. The van der Waals surface area contributed by atoms with Crippen molar-refractivity contribution in [1.82, 2.24) is 15.6 Å². The summed E-state index contributed by atoms with van der Waals surface area (Å²) in [6, 6.07) is 1.52. The summed E-state index contributed by atoms with van der Waals surface area (Å²) in [5, 5.41) is 8.32. The highest BCUT2D eigenvalue weighted by atomic mass is 16.5. The number of anilines is 1. The standard InChI is InChI=1S/C17H22N4O3/c22-15-14-11(9-20-15)8-12(10-19-14)21-16(23)18-7-3-13-2-6-17(24-13)4-1-5-17/h8,10,13H,1-7,9H2,(H,20,22)(H2,18,21,23). The number of aromatic nitrogens is 1. The van der Waals surface area contributed by atoms with Crippen molar-refractivity contribution in [3.8, 4) is 0 Å². The van der Waals surface area contributed by atoms with Crippen LogP contribution >= 0.6 is 0 Å². The number of hydrogen-bond donors (Lipinski definition) is 3. The van der Waals surface area contributed by atoms with Crippen molar-refractivity contribution in [2.24, 2.45) is 0 Å². The fraction of sp³-hybridized carbons (Fsp3) is 0.588. The average Bonchev–Trinajstić information content (AvgIpc) is 3.12. The molecule has 2 fully saturated rings. The first kappa shape index (κ1) is 15.4. The molecule has 0 radical (unpaired) electrons. The van der Waals surface area contributed by atoms with Gasteiger partial charge in [0, 0.05) is 18.7 Å². The third-order valence-electron chi connectivity index (χ3n) is 5.23. The molecule has 1 saturated heterocycles. The van der Waals surface area contributed by atoms with Crippen LogP contribution in [0.25, 0.3) is 0 Å². The number of rotatable bonds is 4. The molecular weight excluding hydrogens is 308 g/mol. The summed E-state index contributed by atoms with van der Waals surface area (Å²) in [6.07, 6.45) is 8.55. The molecule has 1 saturated carbocycles. The van der Waals surface area contributed by atoms with Crippen molar-refractivity contribution < 1.29 is 14.3 Å². The molecule has 3 amide bonds. The number of fused-ring (bicyclic) bond motifs is 1. The minimum absolute atomic E-state index is 0.165. The van der Waals surface area contributed by atoms with E-state index in [1.165, 1.54) is 25.5 Å². The Labute approximate surface area is 140 Å². The van der Waals surface area contributed by atoms with Crippen LogP contribution in [0.15, 0.2) is 12.3 Å². The maximum Gasteiger partial charge on any atom is 0.319 e. The van der Waals surface area contributed by atoms with Crippen molar-refractivity contribution in [3.05, 3.63) is 23.5 Å². The molecule has 1 spiro atoms. The molecule has 128 valence electrons. The number of nitrogens with one attached hydrogen (secondary N) is 3. The highest BCUT2D eigenvalue weighted by Gasteiger charge is 2.44. The van der Waals surface area contributed by atoms with E-state index in [2.05, 4.69) is 20.9 Å². The van der Waals surface area contributed by atoms with Gasteiger partial charge in [-0.1, -0.05) is 0 Å². The van der Waals surface area contributed by atoms with Crippen LogP contribution in [0, 0.1) is 0 Å². The third kappa shape index (κ3) is 2.96. The van der Waals surface area contributed by atoms with Crippen molar-refractivity contribution in [1.29, 1.82) is 0 Å². The van der Waals surface area contributed by atoms with E-state index in [0.717, 1.165) is 24.8 Å². The number of urea groups is 1. The van der Waals surface area contributed by atoms with Gasteiger partial charge in [-0.3, -0.25) is 4.79 Å². The summed E-state index contributed by atoms with van der Waals surface area (Å²) in [5.74, 6) is -0.165. The smallest absolute Gasteiger partial charge is 0.319 e. The number of pyridine rings is 1. The lowest BCUT2D eigenvalue weighted by Crippen LogP contribution is -2.37. The molecule has 1 aliphatic carbocycles. The summed E-state index contributed by atoms with van der Waals surface area (Å²) >= 11 is 0. The first-order valence-electron chi connectivity index (χ1n) is 8.63. The molecule has 7 heteroatoms. The highest BCUT2D eigenvalue weighted by molar-refractivity contribution is 5.97. The van der Waals surface area contributed by atoms with E-state index in [-0.39, 0.29) is 23.6 Å². The van der Waals surface area contributed by atoms with Crippen LogP contribution in [0.1, 0.15) is 54.6 Å². The fourth-order valence-corrected chi connectivity index (χ4v) is 3.74. The van der Waals surface area contributed by atoms with Gasteiger partial charge >= 0.3 is 6.03 Å². The maximum atomic E-state index is 12.0. The van der Waals surface area contributed by atoms with Gasteiger partial charge in [0.2, 0.25) is 0 Å². The summed E-state index contributed by atoms with van der Waals surface area (Å²) in [5.41, 5.74) is 2.01. The number of amides is 3. The molecule has 2 aliphatic heterocycles. The molecule has 3 heterocycles. The van der Waals surface area contributed by atoms with Gasteiger partial charge in [0.15, 0.2) is 0 Å². The zero-order valence-electron chi connectivity index (χ0n) is 13.6. The SMILES string of the molecule is O=C(NCCC1CCC2(CCC2)O1)Nc1cnc2c(c1)CNC2=O. The molecule has 1 aromatic rings. The van der Waals surface area contributed by atoms with Gasteiger partial charge in [-0.15, -0.1) is 0 Å². The summed E-state index contributed by atoms with van der Waals surface area (Å²) in [6.45, 7) is 1.05. The Bertz CT molecular complexity index is 672. The lowest BCUT2D eigenvalue weighted by molar-refractivity contribution is -0.0920. The van der Waals surface area contributed by atoms with Gasteiger partial charge in [-0.05, 0) is 44.6 Å². The van der Waals surface area contributed by atoms with E-state index in [1.54, 1.807) is 6.07 Å². The molecule has 1 atom stereocenters. The van der Waals surface area contributed by atoms with Crippen LogP contribution in [0.2, 0.25) is 0 Å². The highest BCUT2D eigenvalue weighted by Crippen LogP contribution is 2.46. The van der Waals surface area contributed by atoms with Crippen LogP contribution in [0.3, 0.4) is 0 Å². The summed E-state index contributed by atoms with van der Waals surface area (Å²) in [7, 11) is 0. The molecule has 1 aromatic heterocycles. The van der Waals surface area contributed by atoms with Crippen molar-refractivity contribution in [2.75, 3.05) is 11.9 Å². The molecule has 1 unspecified atom stereocenters. The third-order valence-corrected chi connectivity index (χ3v) is 5.23. The first-order valence-corrected chi connectivity index (χ1v) is 8.63. The van der Waals surface area contributed by atoms with Crippen LogP contribution < -0.4 is 16.0 Å². The molecule has 3 aliphatic rings. The molecular formula is C17H22N4O3. The summed E-state index contributed by atoms with van der Waals surface area (Å²) in [4.78, 5) is 27.5. The Morgan fingerprint density at radius 3 is 3.04 bits per heavy atom. The average molecular weight is 330 g/mol. The largest absolute Gasteiger partial charge is 0.372 e. The van der Waals surface area contributed by atoms with Crippen molar-refractivity contribution in [2.45, 2.75) is 56.8 Å². The molecule has 3 N–H and O–H groups in total. The van der Waals surface area contributed by atoms with Gasteiger partial charge < -0.3 is 20.7 Å². The minimum atomic E-state index is -0.259. The lowest BCUT2D eigenvalue weighted by atomic mass is 9.78. The van der Waals surface area contributed by atoms with Gasteiger partial charge in [-0.25, -0.2) is 9.78 Å². The molecule has 0 aromatic carbocycles. The second kappa shape index (κ2) is 6.05. The lowest BCUT2D eigenvalue weighted by Gasteiger charge is -2.38. The minimum Gasteiger partial charge on any atom is -0.372 e. The zero-order chi connectivity index (χ0) is 16.6. The molecule has 24 heavy (non-hydrogen) atoms. The number of carbonyl (C=O) groups is 2. The monoisotopic (exact) mass is 330 g/mol. The number of nitrogens with zero attached hydrogens (tertiary/aromatic N) is 1. The van der Waals surface area contributed by atoms with Gasteiger partial charge in [0.05, 0.1) is 23.6 Å². The van der Waals surface area contributed by atoms with E-state index >= 15 is 0 Å². The number of hydrogen-bond acceptors (Lipinski definition) is 4. The predicted octanol–water partition coefficient (Wildman–Crippen LogP) is 1.94. The molecule has 4 rings (SSSR count). The Kier molecular flexibility index (Phi) is 3.88.